The van der Waals surface area contributed by atoms with Crippen LogP contribution in [0.5, 0.6) is 5.75 Å². The second-order valence-electron chi connectivity index (χ2n) is 3.65. The average molecular weight is 337 g/mol. The minimum Gasteiger partial charge on any atom is -0.507 e. The quantitative estimate of drug-likeness (QED) is 0.305. The summed E-state index contributed by atoms with van der Waals surface area (Å²) in [5.41, 5.74) is -0.583. The zero-order valence-corrected chi connectivity index (χ0v) is 12.8. The van der Waals surface area contributed by atoms with E-state index in [0.717, 1.165) is 12.1 Å². The second-order valence-corrected chi connectivity index (χ2v) is 5.27. The lowest BCUT2D eigenvalue weighted by atomic mass is 10.2. The van der Waals surface area contributed by atoms with Crippen molar-refractivity contribution in [3.05, 3.63) is 23.8 Å². The average Bonchev–Trinajstić information content (AvgIpc) is 2.27. The van der Waals surface area contributed by atoms with Gasteiger partial charge in [0.05, 0.1) is 4.90 Å². The summed E-state index contributed by atoms with van der Waals surface area (Å²) < 4.78 is 29.8. The molecule has 8 nitrogen and oxygen atoms in total. The summed E-state index contributed by atoms with van der Waals surface area (Å²) in [7, 11) is -4.45. The summed E-state index contributed by atoms with van der Waals surface area (Å²) in [5, 5.41) is 34.2. The molecule has 0 aliphatic rings. The topological polar surface area (TPSA) is 156 Å². The van der Waals surface area contributed by atoms with Gasteiger partial charge in [-0.1, -0.05) is 12.6 Å². The number of benzene rings is 1. The highest BCUT2D eigenvalue weighted by Crippen LogP contribution is 2.20. The predicted octanol–water partition coefficient (Wildman–Crippen LogP) is 1.12. The van der Waals surface area contributed by atoms with E-state index in [1.165, 1.54) is 5.40 Å². The summed E-state index contributed by atoms with van der Waals surface area (Å²) in [6, 6.07) is 2.46. The van der Waals surface area contributed by atoms with Gasteiger partial charge in [-0.3, -0.25) is 4.55 Å². The Labute approximate surface area is 127 Å². The Bertz CT molecular complexity index is 603. The minimum absolute atomic E-state index is 0.167. The lowest BCUT2D eigenvalue weighted by molar-refractivity contribution is 0.0693. The van der Waals surface area contributed by atoms with E-state index in [1.807, 2.05) is 0 Å². The van der Waals surface area contributed by atoms with Crippen LogP contribution in [0.15, 0.2) is 23.1 Å². The van der Waals surface area contributed by atoms with E-state index in [4.69, 9.17) is 25.1 Å². The van der Waals surface area contributed by atoms with Crippen molar-refractivity contribution < 1.29 is 33.1 Å². The molecule has 1 aromatic carbocycles. The summed E-state index contributed by atoms with van der Waals surface area (Å²) >= 11 is 3.09. The Hall–Kier alpha value is -1.80. The third kappa shape index (κ3) is 10.6. The fraction of sp³-hybridized carbons (Fsp3) is 0.273. The number of aliphatic hydroxyl groups excluding tert-OH is 1. The molecule has 0 heterocycles. The maximum Gasteiger partial charge on any atom is 0.339 e. The minimum atomic E-state index is -4.45. The van der Waals surface area contributed by atoms with E-state index in [-0.39, 0.29) is 6.10 Å². The summed E-state index contributed by atoms with van der Waals surface area (Å²) in [5.74, 6) is -2.04. The summed E-state index contributed by atoms with van der Waals surface area (Å²) in [4.78, 5) is 9.89. The van der Waals surface area contributed by atoms with Gasteiger partial charge in [-0.15, -0.1) is 0 Å². The van der Waals surface area contributed by atoms with Crippen molar-refractivity contribution in [3.8, 4) is 11.2 Å². The van der Waals surface area contributed by atoms with Gasteiger partial charge in [0.1, 0.15) is 16.7 Å². The standard InChI is InChI=1S/C7H6O6S.C3H8O.CHNS/c8-6-2-1-4(14(11,12)13)3-5(6)7(9)10;1-3(2)4;2-1-3/h1-3,8H,(H,9,10)(H,11,12,13);3-4H,1-2H3;3H. The van der Waals surface area contributed by atoms with Crippen molar-refractivity contribution in [2.24, 2.45) is 0 Å². The number of hydrogen-bond donors (Lipinski definition) is 5. The van der Waals surface area contributed by atoms with Crippen molar-refractivity contribution in [1.82, 2.24) is 0 Å². The normalized spacial score (nSPS) is 9.57. The van der Waals surface area contributed by atoms with E-state index >= 15 is 0 Å². The zero-order chi connectivity index (χ0) is 17.2. The number of hydrogen-bond acceptors (Lipinski definition) is 7. The van der Waals surface area contributed by atoms with Gasteiger partial charge in [0.2, 0.25) is 0 Å². The molecule has 0 unspecified atom stereocenters. The Kier molecular flexibility index (Phi) is 10.2. The van der Waals surface area contributed by atoms with Crippen molar-refractivity contribution in [2.75, 3.05) is 0 Å². The van der Waals surface area contributed by atoms with Gasteiger partial charge < -0.3 is 15.3 Å². The lowest BCUT2D eigenvalue weighted by Crippen LogP contribution is -2.02. The lowest BCUT2D eigenvalue weighted by Gasteiger charge is -2.01. The van der Waals surface area contributed by atoms with Crippen molar-refractivity contribution in [1.29, 1.82) is 5.26 Å². The number of rotatable bonds is 2. The third-order valence-electron chi connectivity index (χ3n) is 1.50. The van der Waals surface area contributed by atoms with Crippen LogP contribution in [0.4, 0.5) is 0 Å². The molecule has 0 bridgehead atoms. The number of aromatic carboxylic acids is 1. The Balaban J connectivity index is 0. The number of nitriles is 1. The molecule has 10 heteroatoms. The first-order chi connectivity index (χ1) is 9.47. The Morgan fingerprint density at radius 3 is 2.05 bits per heavy atom. The van der Waals surface area contributed by atoms with Gasteiger partial charge in [-0.25, -0.2) is 4.79 Å². The highest BCUT2D eigenvalue weighted by molar-refractivity contribution is 7.85. The van der Waals surface area contributed by atoms with Gasteiger partial charge in [0, 0.05) is 6.10 Å². The first kappa shape index (κ1) is 21.5. The van der Waals surface area contributed by atoms with E-state index in [0.29, 0.717) is 6.07 Å². The number of phenols is 1. The fourth-order valence-electron chi connectivity index (χ4n) is 0.847. The smallest absolute Gasteiger partial charge is 0.339 e. The molecule has 4 N–H and O–H groups in total. The van der Waals surface area contributed by atoms with Crippen LogP contribution in [0.25, 0.3) is 0 Å². The van der Waals surface area contributed by atoms with Crippen LogP contribution in [-0.4, -0.2) is 40.4 Å². The third-order valence-corrected chi connectivity index (χ3v) is 2.35. The van der Waals surface area contributed by atoms with Crippen LogP contribution in [0.1, 0.15) is 24.2 Å². The van der Waals surface area contributed by atoms with E-state index in [2.05, 4.69) is 12.6 Å². The first-order valence-corrected chi connectivity index (χ1v) is 7.11. The van der Waals surface area contributed by atoms with Gasteiger partial charge in [0.15, 0.2) is 0 Å². The van der Waals surface area contributed by atoms with Crippen LogP contribution < -0.4 is 0 Å². The van der Waals surface area contributed by atoms with Gasteiger partial charge >= 0.3 is 5.97 Å². The number of aliphatic hydroxyl groups is 1. The molecule has 0 saturated carbocycles. The maximum atomic E-state index is 10.6. The highest BCUT2D eigenvalue weighted by atomic mass is 32.2. The zero-order valence-electron chi connectivity index (χ0n) is 11.1. The maximum absolute atomic E-state index is 10.6. The van der Waals surface area contributed by atoms with E-state index in [9.17, 15) is 13.2 Å². The number of carbonyl (C=O) groups is 1. The van der Waals surface area contributed by atoms with Crippen molar-refractivity contribution >= 4 is 28.7 Å². The SMILES string of the molecule is CC(C)O.N#CS.O=C(O)c1cc(S(=O)(=O)O)ccc1O. The number of nitrogens with zero attached hydrogens (tertiary/aromatic N) is 1. The molecule has 0 aromatic heterocycles. The van der Waals surface area contributed by atoms with Crippen molar-refractivity contribution in [2.45, 2.75) is 24.8 Å². The number of thiocyanates is 1. The van der Waals surface area contributed by atoms with Gasteiger partial charge in [-0.05, 0) is 32.0 Å². The molecule has 0 saturated heterocycles. The molecule has 0 aliphatic heterocycles. The molecule has 0 radical (unpaired) electrons. The molecular weight excluding hydrogens is 322 g/mol. The molecule has 21 heavy (non-hydrogen) atoms. The Morgan fingerprint density at radius 2 is 1.76 bits per heavy atom. The van der Waals surface area contributed by atoms with Crippen LogP contribution in [-0.2, 0) is 10.1 Å². The Morgan fingerprint density at radius 1 is 1.38 bits per heavy atom. The molecule has 0 fully saturated rings. The number of aromatic hydroxyl groups is 1. The predicted molar refractivity (Wildman–Crippen MR) is 76.8 cm³/mol. The van der Waals surface area contributed by atoms with Gasteiger partial charge in [0.25, 0.3) is 10.1 Å². The van der Waals surface area contributed by atoms with Crippen LogP contribution in [0.3, 0.4) is 0 Å². The summed E-state index contributed by atoms with van der Waals surface area (Å²) in [6.07, 6.45) is -0.167. The molecule has 1 aromatic rings. The molecule has 0 amide bonds. The summed E-state index contributed by atoms with van der Waals surface area (Å²) in [6.45, 7) is 3.44. The van der Waals surface area contributed by atoms with Gasteiger partial charge in [-0.2, -0.15) is 13.7 Å². The monoisotopic (exact) mass is 337 g/mol. The molecule has 118 valence electrons. The fourth-order valence-corrected chi connectivity index (χ4v) is 1.35. The molecule has 1 rings (SSSR count). The molecule has 0 aliphatic carbocycles. The number of carboxylic acids is 1. The highest BCUT2D eigenvalue weighted by Gasteiger charge is 2.16. The first-order valence-electron chi connectivity index (χ1n) is 5.22. The molecule has 0 atom stereocenters. The van der Waals surface area contributed by atoms with Crippen LogP contribution >= 0.6 is 12.6 Å². The van der Waals surface area contributed by atoms with Crippen LogP contribution in [0, 0.1) is 10.7 Å². The molecule has 0 spiro atoms. The van der Waals surface area contributed by atoms with E-state index < -0.39 is 32.3 Å². The second kappa shape index (κ2) is 10.0. The van der Waals surface area contributed by atoms with Crippen LogP contribution in [0.2, 0.25) is 0 Å². The largest absolute Gasteiger partial charge is 0.507 e. The van der Waals surface area contributed by atoms with E-state index in [1.54, 1.807) is 13.8 Å². The van der Waals surface area contributed by atoms with Crippen molar-refractivity contribution in [3.63, 3.8) is 0 Å². The molecular formula is C11H15NO7S2. The number of carboxylic acid groups (broad SMARTS) is 1. The number of thiol groups is 1.